The number of benzene rings is 1. The average Bonchev–Trinajstić information content (AvgIpc) is 2.78. The molecular weight excluding hydrogens is 456 g/mol. The van der Waals surface area contributed by atoms with E-state index in [9.17, 15) is 16.8 Å². The van der Waals surface area contributed by atoms with Crippen LogP contribution in [0.1, 0.15) is 96.8 Å². The molecule has 0 bridgehead atoms. The summed E-state index contributed by atoms with van der Waals surface area (Å²) in [4.78, 5) is -0.166. The third-order valence-corrected chi connectivity index (χ3v) is 8.37. The van der Waals surface area contributed by atoms with Crippen molar-refractivity contribution < 1.29 is 16.8 Å². The summed E-state index contributed by atoms with van der Waals surface area (Å²) in [6.45, 7) is 2.24. The van der Waals surface area contributed by atoms with E-state index in [4.69, 9.17) is 5.26 Å². The molecule has 0 aliphatic rings. The maximum Gasteiger partial charge on any atom is 0.232 e. The number of anilines is 1. The predicted molar refractivity (Wildman–Crippen MR) is 136 cm³/mol. The molecule has 0 saturated carbocycles. The van der Waals surface area contributed by atoms with Gasteiger partial charge in [0.25, 0.3) is 0 Å². The van der Waals surface area contributed by atoms with E-state index in [1.165, 1.54) is 82.4 Å². The lowest BCUT2D eigenvalue weighted by Crippen LogP contribution is -2.18. The monoisotopic (exact) mass is 496 g/mol. The molecule has 0 heterocycles. The first-order valence-electron chi connectivity index (χ1n) is 12.2. The Hall–Kier alpha value is -1.85. The normalized spacial score (nSPS) is 12.1. The molecule has 0 amide bonds. The van der Waals surface area contributed by atoms with E-state index in [1.54, 1.807) is 12.1 Å². The smallest absolute Gasteiger partial charge is 0.232 e. The number of sulfonamides is 1. The standard InChI is InChI=1S/C25H40N2O4S2/c1-2-3-4-5-6-7-8-9-10-11-12-13-14-17-23-33(30,31)27-24-19-15-16-20-25(24)32(28,29)22-18-21-26/h15-16,18-20,22,27H,2-14,17,23H2,1H3. The molecule has 0 aliphatic heterocycles. The van der Waals surface area contributed by atoms with E-state index in [2.05, 4.69) is 11.6 Å². The molecule has 0 atom stereocenters. The summed E-state index contributed by atoms with van der Waals surface area (Å²) in [5, 5.41) is 9.35. The first kappa shape index (κ1) is 29.2. The lowest BCUT2D eigenvalue weighted by atomic mass is 10.0. The van der Waals surface area contributed by atoms with Crippen LogP contribution in [0.25, 0.3) is 0 Å². The van der Waals surface area contributed by atoms with Crippen LogP contribution in [-0.2, 0) is 19.9 Å². The Morgan fingerprint density at radius 2 is 1.27 bits per heavy atom. The second-order valence-corrected chi connectivity index (χ2v) is 12.1. The number of hydrogen-bond acceptors (Lipinski definition) is 5. The molecule has 0 saturated heterocycles. The zero-order valence-electron chi connectivity index (χ0n) is 20.0. The van der Waals surface area contributed by atoms with Crippen molar-refractivity contribution in [3.63, 3.8) is 0 Å². The Bertz CT molecular complexity index is 949. The number of nitriles is 1. The fourth-order valence-corrected chi connectivity index (χ4v) is 6.04. The molecule has 0 radical (unpaired) electrons. The van der Waals surface area contributed by atoms with Gasteiger partial charge in [-0.3, -0.25) is 4.72 Å². The van der Waals surface area contributed by atoms with Crippen molar-refractivity contribution in [3.05, 3.63) is 35.7 Å². The van der Waals surface area contributed by atoms with E-state index in [-0.39, 0.29) is 16.3 Å². The number of allylic oxidation sites excluding steroid dienone is 1. The SMILES string of the molecule is CCCCCCCCCCCCCCCCS(=O)(=O)Nc1ccccc1S(=O)(=O)C=CC#N. The maximum atomic E-state index is 12.4. The van der Waals surface area contributed by atoms with E-state index in [0.717, 1.165) is 30.7 Å². The zero-order valence-corrected chi connectivity index (χ0v) is 21.6. The highest BCUT2D eigenvalue weighted by Gasteiger charge is 2.19. The van der Waals surface area contributed by atoms with Crippen molar-refractivity contribution >= 4 is 25.5 Å². The van der Waals surface area contributed by atoms with Crippen LogP contribution in [0, 0.1) is 11.3 Å². The van der Waals surface area contributed by atoms with Crippen LogP contribution in [0.4, 0.5) is 5.69 Å². The van der Waals surface area contributed by atoms with Crippen molar-refractivity contribution in [2.24, 2.45) is 0 Å². The molecule has 1 aromatic rings. The average molecular weight is 497 g/mol. The van der Waals surface area contributed by atoms with Crippen LogP contribution >= 0.6 is 0 Å². The second kappa shape index (κ2) is 16.7. The number of nitrogens with zero attached hydrogens (tertiary/aromatic N) is 1. The maximum absolute atomic E-state index is 12.4. The summed E-state index contributed by atoms with van der Waals surface area (Å²) in [7, 11) is -7.56. The van der Waals surface area contributed by atoms with Gasteiger partial charge < -0.3 is 0 Å². The molecule has 6 nitrogen and oxygen atoms in total. The minimum atomic E-state index is -3.91. The fourth-order valence-electron chi connectivity index (χ4n) is 3.70. The number of unbranched alkanes of at least 4 members (excludes halogenated alkanes) is 13. The molecule has 1 aromatic carbocycles. The highest BCUT2D eigenvalue weighted by atomic mass is 32.2. The summed E-state index contributed by atoms with van der Waals surface area (Å²) >= 11 is 0. The second-order valence-electron chi connectivity index (χ2n) is 8.49. The molecule has 1 rings (SSSR count). The topological polar surface area (TPSA) is 104 Å². The van der Waals surface area contributed by atoms with Crippen LogP contribution in [0.2, 0.25) is 0 Å². The van der Waals surface area contributed by atoms with Gasteiger partial charge >= 0.3 is 0 Å². The van der Waals surface area contributed by atoms with E-state index >= 15 is 0 Å². The molecule has 0 fully saturated rings. The Morgan fingerprint density at radius 3 is 1.79 bits per heavy atom. The highest BCUT2D eigenvalue weighted by molar-refractivity contribution is 7.95. The van der Waals surface area contributed by atoms with Crippen molar-refractivity contribution in [3.8, 4) is 6.07 Å². The zero-order chi connectivity index (χ0) is 24.4. The molecule has 0 aliphatic carbocycles. The van der Waals surface area contributed by atoms with E-state index in [1.807, 2.05) is 0 Å². The largest absolute Gasteiger partial charge is 0.282 e. The summed E-state index contributed by atoms with van der Waals surface area (Å²) in [6.07, 6.45) is 17.5. The van der Waals surface area contributed by atoms with Gasteiger partial charge in [0.15, 0.2) is 0 Å². The molecule has 8 heteroatoms. The number of nitrogens with one attached hydrogen (secondary N) is 1. The first-order valence-corrected chi connectivity index (χ1v) is 15.4. The van der Waals surface area contributed by atoms with Crippen LogP contribution in [0.3, 0.4) is 0 Å². The predicted octanol–water partition coefficient (Wildman–Crippen LogP) is 6.72. The Balaban J connectivity index is 2.26. The van der Waals surface area contributed by atoms with Gasteiger partial charge in [-0.25, -0.2) is 16.8 Å². The van der Waals surface area contributed by atoms with Crippen LogP contribution in [0.15, 0.2) is 40.6 Å². The molecule has 186 valence electrons. The van der Waals surface area contributed by atoms with E-state index < -0.39 is 19.9 Å². The van der Waals surface area contributed by atoms with Gasteiger partial charge in [0.2, 0.25) is 19.9 Å². The summed E-state index contributed by atoms with van der Waals surface area (Å²) < 4.78 is 51.9. The highest BCUT2D eigenvalue weighted by Crippen LogP contribution is 2.24. The van der Waals surface area contributed by atoms with Crippen molar-refractivity contribution in [2.45, 2.75) is 102 Å². The van der Waals surface area contributed by atoms with Crippen LogP contribution < -0.4 is 4.72 Å². The van der Waals surface area contributed by atoms with Crippen LogP contribution in [0.5, 0.6) is 0 Å². The Kier molecular flexibility index (Phi) is 14.8. The molecule has 0 spiro atoms. The van der Waals surface area contributed by atoms with Gasteiger partial charge in [0.05, 0.1) is 22.4 Å². The number of sulfone groups is 1. The van der Waals surface area contributed by atoms with Crippen LogP contribution in [-0.4, -0.2) is 22.6 Å². The van der Waals surface area contributed by atoms with Crippen molar-refractivity contribution in [2.75, 3.05) is 10.5 Å². The fraction of sp³-hybridized carbons (Fsp3) is 0.640. The van der Waals surface area contributed by atoms with Gasteiger partial charge in [0.1, 0.15) is 0 Å². The van der Waals surface area contributed by atoms with Gasteiger partial charge in [-0.2, -0.15) is 5.26 Å². The summed E-state index contributed by atoms with van der Waals surface area (Å²) in [6, 6.07) is 7.45. The third-order valence-electron chi connectivity index (χ3n) is 5.55. The lowest BCUT2D eigenvalue weighted by molar-refractivity contribution is 0.537. The minimum Gasteiger partial charge on any atom is -0.282 e. The minimum absolute atomic E-state index is 0.00505. The number of rotatable bonds is 19. The van der Waals surface area contributed by atoms with E-state index in [0.29, 0.717) is 6.42 Å². The lowest BCUT2D eigenvalue weighted by Gasteiger charge is -2.11. The molecule has 0 unspecified atom stereocenters. The molecular formula is C25H40N2O4S2. The molecule has 1 N–H and O–H groups in total. The molecule has 33 heavy (non-hydrogen) atoms. The summed E-state index contributed by atoms with van der Waals surface area (Å²) in [5.41, 5.74) is 0.00505. The van der Waals surface area contributed by atoms with Gasteiger partial charge in [-0.15, -0.1) is 0 Å². The van der Waals surface area contributed by atoms with Gasteiger partial charge in [0, 0.05) is 11.5 Å². The van der Waals surface area contributed by atoms with Gasteiger partial charge in [-0.05, 0) is 18.6 Å². The third kappa shape index (κ3) is 13.4. The Morgan fingerprint density at radius 1 is 0.788 bits per heavy atom. The number of hydrogen-bond donors (Lipinski definition) is 1. The number of para-hydroxylation sites is 1. The Labute approximate surface area is 201 Å². The molecule has 0 aromatic heterocycles. The van der Waals surface area contributed by atoms with Crippen molar-refractivity contribution in [1.82, 2.24) is 0 Å². The first-order chi connectivity index (χ1) is 15.8. The summed E-state index contributed by atoms with van der Waals surface area (Å²) in [5.74, 6) is -0.0482. The van der Waals surface area contributed by atoms with Gasteiger partial charge in [-0.1, -0.05) is 103 Å². The quantitative estimate of drug-likeness (QED) is 0.169. The van der Waals surface area contributed by atoms with Crippen molar-refractivity contribution in [1.29, 1.82) is 5.26 Å².